The van der Waals surface area contributed by atoms with Crippen molar-refractivity contribution in [3.05, 3.63) is 66.5 Å². The van der Waals surface area contributed by atoms with Gasteiger partial charge in [0, 0.05) is 11.8 Å². The van der Waals surface area contributed by atoms with Crippen LogP contribution in [0.5, 0.6) is 0 Å². The average Bonchev–Trinajstić information content (AvgIpc) is 2.89. The SMILES string of the molecule is C=C(C)c1ccn2c(-c3ccccc3CC)cnc2c1. The first-order chi connectivity index (χ1) is 9.70. The lowest BCUT2D eigenvalue weighted by Gasteiger charge is -2.08. The second kappa shape index (κ2) is 4.97. The van der Waals surface area contributed by atoms with Gasteiger partial charge in [0.05, 0.1) is 11.9 Å². The summed E-state index contributed by atoms with van der Waals surface area (Å²) < 4.78 is 2.14. The summed E-state index contributed by atoms with van der Waals surface area (Å²) in [5.41, 5.74) is 6.91. The standard InChI is InChI=1S/C18H18N2/c1-4-14-7-5-6-8-16(14)17-12-19-18-11-15(13(2)3)9-10-20(17)18/h5-12H,2,4H2,1,3H3. The van der Waals surface area contributed by atoms with Crippen molar-refractivity contribution in [2.75, 3.05) is 0 Å². The van der Waals surface area contributed by atoms with Gasteiger partial charge in [0.15, 0.2) is 0 Å². The van der Waals surface area contributed by atoms with Gasteiger partial charge in [-0.05, 0) is 36.6 Å². The molecular weight excluding hydrogens is 244 g/mol. The molecule has 0 fully saturated rings. The minimum atomic E-state index is 0.964. The molecule has 0 saturated heterocycles. The van der Waals surface area contributed by atoms with E-state index in [9.17, 15) is 0 Å². The molecule has 0 bridgehead atoms. The van der Waals surface area contributed by atoms with Crippen molar-refractivity contribution < 1.29 is 0 Å². The summed E-state index contributed by atoms with van der Waals surface area (Å²) in [6.07, 6.45) is 5.05. The third-order valence-electron chi connectivity index (χ3n) is 3.68. The summed E-state index contributed by atoms with van der Waals surface area (Å²) in [6.45, 7) is 8.19. The van der Waals surface area contributed by atoms with Gasteiger partial charge >= 0.3 is 0 Å². The summed E-state index contributed by atoms with van der Waals surface area (Å²) >= 11 is 0. The molecule has 2 aromatic heterocycles. The first-order valence-corrected chi connectivity index (χ1v) is 6.92. The van der Waals surface area contributed by atoms with Crippen molar-refractivity contribution in [2.24, 2.45) is 0 Å². The lowest BCUT2D eigenvalue weighted by atomic mass is 10.0. The molecule has 0 spiro atoms. The fraction of sp³-hybridized carbons (Fsp3) is 0.167. The van der Waals surface area contributed by atoms with E-state index in [1.165, 1.54) is 11.1 Å². The van der Waals surface area contributed by atoms with Crippen LogP contribution in [0.25, 0.3) is 22.5 Å². The van der Waals surface area contributed by atoms with Crippen LogP contribution in [-0.4, -0.2) is 9.38 Å². The lowest BCUT2D eigenvalue weighted by Crippen LogP contribution is -1.93. The molecule has 20 heavy (non-hydrogen) atoms. The van der Waals surface area contributed by atoms with E-state index in [1.54, 1.807) is 0 Å². The maximum atomic E-state index is 4.54. The van der Waals surface area contributed by atoms with Gasteiger partial charge in [0.1, 0.15) is 5.65 Å². The molecule has 0 aliphatic carbocycles. The van der Waals surface area contributed by atoms with E-state index in [2.05, 4.69) is 65.5 Å². The van der Waals surface area contributed by atoms with Crippen molar-refractivity contribution >= 4 is 11.2 Å². The zero-order valence-electron chi connectivity index (χ0n) is 11.9. The van der Waals surface area contributed by atoms with Gasteiger partial charge in [-0.2, -0.15) is 0 Å². The van der Waals surface area contributed by atoms with Gasteiger partial charge in [0.2, 0.25) is 0 Å². The predicted octanol–water partition coefficient (Wildman–Crippen LogP) is 4.60. The van der Waals surface area contributed by atoms with Crippen LogP contribution in [0, 0.1) is 0 Å². The molecule has 0 aliphatic heterocycles. The summed E-state index contributed by atoms with van der Waals surface area (Å²) in [5, 5.41) is 0. The minimum Gasteiger partial charge on any atom is -0.300 e. The Hall–Kier alpha value is -2.35. The topological polar surface area (TPSA) is 17.3 Å². The molecule has 0 unspecified atom stereocenters. The molecule has 1 aromatic carbocycles. The van der Waals surface area contributed by atoms with E-state index in [0.29, 0.717) is 0 Å². The van der Waals surface area contributed by atoms with E-state index in [4.69, 9.17) is 0 Å². The highest BCUT2D eigenvalue weighted by atomic mass is 15.0. The largest absolute Gasteiger partial charge is 0.300 e. The third-order valence-corrected chi connectivity index (χ3v) is 3.68. The van der Waals surface area contributed by atoms with Gasteiger partial charge in [-0.25, -0.2) is 4.98 Å². The molecular formula is C18H18N2. The number of hydrogen-bond donors (Lipinski definition) is 0. The Morgan fingerprint density at radius 3 is 2.80 bits per heavy atom. The zero-order chi connectivity index (χ0) is 14.1. The number of allylic oxidation sites excluding steroid dienone is 1. The molecule has 0 aliphatic rings. The molecule has 100 valence electrons. The van der Waals surface area contributed by atoms with Crippen LogP contribution in [0.1, 0.15) is 25.0 Å². The van der Waals surface area contributed by atoms with Crippen LogP contribution in [0.3, 0.4) is 0 Å². The Bertz CT molecular complexity index is 781. The van der Waals surface area contributed by atoms with Crippen LogP contribution in [0.4, 0.5) is 0 Å². The summed E-state index contributed by atoms with van der Waals surface area (Å²) in [4.78, 5) is 4.54. The van der Waals surface area contributed by atoms with Gasteiger partial charge in [-0.1, -0.05) is 43.3 Å². The van der Waals surface area contributed by atoms with Crippen molar-refractivity contribution in [3.8, 4) is 11.3 Å². The highest BCUT2D eigenvalue weighted by Gasteiger charge is 2.09. The predicted molar refractivity (Wildman–Crippen MR) is 84.7 cm³/mol. The van der Waals surface area contributed by atoms with Crippen molar-refractivity contribution in [2.45, 2.75) is 20.3 Å². The molecule has 0 radical (unpaired) electrons. The lowest BCUT2D eigenvalue weighted by molar-refractivity contribution is 1.12. The number of aromatic nitrogens is 2. The monoisotopic (exact) mass is 262 g/mol. The second-order valence-corrected chi connectivity index (χ2v) is 5.08. The Balaban J connectivity index is 2.20. The maximum absolute atomic E-state index is 4.54. The zero-order valence-corrected chi connectivity index (χ0v) is 11.9. The van der Waals surface area contributed by atoms with E-state index in [-0.39, 0.29) is 0 Å². The fourth-order valence-electron chi connectivity index (χ4n) is 2.52. The summed E-state index contributed by atoms with van der Waals surface area (Å²) in [7, 11) is 0. The fourth-order valence-corrected chi connectivity index (χ4v) is 2.52. The summed E-state index contributed by atoms with van der Waals surface area (Å²) in [5.74, 6) is 0. The van der Waals surface area contributed by atoms with Crippen molar-refractivity contribution in [1.82, 2.24) is 9.38 Å². The molecule has 2 heterocycles. The van der Waals surface area contributed by atoms with Crippen LogP contribution in [0.2, 0.25) is 0 Å². The molecule has 0 amide bonds. The number of fused-ring (bicyclic) bond motifs is 1. The molecule has 2 heteroatoms. The normalized spacial score (nSPS) is 10.9. The van der Waals surface area contributed by atoms with Gasteiger partial charge in [-0.15, -0.1) is 0 Å². The van der Waals surface area contributed by atoms with Crippen LogP contribution < -0.4 is 0 Å². The smallest absolute Gasteiger partial charge is 0.137 e. The molecule has 0 atom stereocenters. The molecule has 3 rings (SSSR count). The van der Waals surface area contributed by atoms with Gasteiger partial charge in [-0.3, -0.25) is 4.40 Å². The number of hydrogen-bond acceptors (Lipinski definition) is 1. The first kappa shape index (κ1) is 12.7. The van der Waals surface area contributed by atoms with Crippen molar-refractivity contribution in [3.63, 3.8) is 0 Å². The highest BCUT2D eigenvalue weighted by Crippen LogP contribution is 2.26. The van der Waals surface area contributed by atoms with E-state index in [1.807, 2.05) is 13.1 Å². The van der Waals surface area contributed by atoms with Crippen LogP contribution >= 0.6 is 0 Å². The Kier molecular flexibility index (Phi) is 3.15. The van der Waals surface area contributed by atoms with E-state index < -0.39 is 0 Å². The maximum Gasteiger partial charge on any atom is 0.137 e. The second-order valence-electron chi connectivity index (χ2n) is 5.08. The molecule has 2 nitrogen and oxygen atoms in total. The quantitative estimate of drug-likeness (QED) is 0.674. The first-order valence-electron chi connectivity index (χ1n) is 6.92. The van der Waals surface area contributed by atoms with E-state index >= 15 is 0 Å². The van der Waals surface area contributed by atoms with E-state index in [0.717, 1.165) is 28.9 Å². The number of nitrogens with zero attached hydrogens (tertiary/aromatic N) is 2. The van der Waals surface area contributed by atoms with Gasteiger partial charge < -0.3 is 0 Å². The number of aryl methyl sites for hydroxylation is 1. The highest BCUT2D eigenvalue weighted by molar-refractivity contribution is 5.70. The summed E-state index contributed by atoms with van der Waals surface area (Å²) in [6, 6.07) is 12.7. The molecule has 3 aromatic rings. The van der Waals surface area contributed by atoms with Gasteiger partial charge in [0.25, 0.3) is 0 Å². The third kappa shape index (κ3) is 2.03. The van der Waals surface area contributed by atoms with Crippen LogP contribution in [-0.2, 0) is 6.42 Å². The number of rotatable bonds is 3. The van der Waals surface area contributed by atoms with Crippen molar-refractivity contribution in [1.29, 1.82) is 0 Å². The average molecular weight is 262 g/mol. The Labute approximate surface area is 119 Å². The molecule has 0 saturated carbocycles. The van der Waals surface area contributed by atoms with Crippen LogP contribution in [0.15, 0.2) is 55.4 Å². The Morgan fingerprint density at radius 1 is 1.25 bits per heavy atom. The Morgan fingerprint density at radius 2 is 2.05 bits per heavy atom. The number of pyridine rings is 1. The molecule has 0 N–H and O–H groups in total. The minimum absolute atomic E-state index is 0.964. The number of benzene rings is 1. The number of imidazole rings is 1.